The Morgan fingerprint density at radius 3 is 1.66 bits per heavy atom. The third-order valence-electron chi connectivity index (χ3n) is 12.2. The van der Waals surface area contributed by atoms with E-state index in [-0.39, 0.29) is 56.1 Å². The van der Waals surface area contributed by atoms with E-state index in [0.29, 0.717) is 128 Å². The van der Waals surface area contributed by atoms with Crippen molar-refractivity contribution in [3.63, 3.8) is 0 Å². The molecular weight excluding hydrogens is 877 g/mol. The first-order valence-electron chi connectivity index (χ1n) is 22.9. The number of fused-ring (bicyclic) bond motifs is 4. The molecule has 0 N–H and O–H groups in total. The standard InChI is InChI=1S/C50H62N6O12/c1-7-33-19-37-27-51-42-25-46(44(61-4)23-40(42)49(58)55(37)29-33)67-31-35-21-39(66-14-12-54(10-9-48(57)63-6)11-13-64-17-18-65-16-15-60-3)22-36(53-35)32-68-47-26-43-41(24-45(47)62-5)50(59)56-30-34(8-2)20-38(56)28-52-43/h7-8,21-28,37-38H,9-20,29-32H2,1-6H3/b33-7+,34-8+/t37-,38-/m0/s1. The summed E-state index contributed by atoms with van der Waals surface area (Å²) < 4.78 is 51.8. The zero-order valence-corrected chi connectivity index (χ0v) is 39.8. The summed E-state index contributed by atoms with van der Waals surface area (Å²) in [7, 11) is 6.05. The van der Waals surface area contributed by atoms with Gasteiger partial charge in [-0.2, -0.15) is 0 Å². The molecule has 1 aromatic heterocycles. The molecule has 364 valence electrons. The van der Waals surface area contributed by atoms with Gasteiger partial charge in [-0.1, -0.05) is 23.3 Å². The van der Waals surface area contributed by atoms with Crippen LogP contribution in [0.25, 0.3) is 0 Å². The van der Waals surface area contributed by atoms with Crippen LogP contribution in [0.4, 0.5) is 11.4 Å². The number of aliphatic imine (C=N–C) groups is 2. The van der Waals surface area contributed by atoms with E-state index in [1.54, 1.807) is 43.5 Å². The average Bonchev–Trinajstić information content (AvgIpc) is 3.93. The van der Waals surface area contributed by atoms with E-state index in [4.69, 9.17) is 57.6 Å². The average molecular weight is 939 g/mol. The summed E-state index contributed by atoms with van der Waals surface area (Å²) in [4.78, 5) is 59.6. The smallest absolute Gasteiger partial charge is 0.306 e. The topological polar surface area (TPSA) is 182 Å². The van der Waals surface area contributed by atoms with E-state index in [1.165, 1.54) is 32.5 Å². The van der Waals surface area contributed by atoms with E-state index in [1.807, 2.05) is 36.1 Å². The number of ether oxygens (including phenoxy) is 9. The number of carbonyl (C=O) groups is 3. The van der Waals surface area contributed by atoms with Gasteiger partial charge in [-0.15, -0.1) is 0 Å². The van der Waals surface area contributed by atoms with Crippen LogP contribution in [0.5, 0.6) is 28.7 Å². The maximum absolute atomic E-state index is 13.7. The van der Waals surface area contributed by atoms with Crippen molar-refractivity contribution < 1.29 is 57.0 Å². The molecule has 2 amide bonds. The van der Waals surface area contributed by atoms with E-state index < -0.39 is 0 Å². The summed E-state index contributed by atoms with van der Waals surface area (Å²) in [6, 6.07) is 10.1. The molecule has 4 aliphatic heterocycles. The lowest BCUT2D eigenvalue weighted by molar-refractivity contribution is -0.141. The number of carbonyl (C=O) groups excluding carboxylic acids is 3. The molecule has 0 saturated carbocycles. The quantitative estimate of drug-likeness (QED) is 0.0585. The number of aromatic nitrogens is 1. The van der Waals surface area contributed by atoms with Gasteiger partial charge >= 0.3 is 5.97 Å². The van der Waals surface area contributed by atoms with Crippen molar-refractivity contribution in [1.29, 1.82) is 0 Å². The first-order chi connectivity index (χ1) is 33.1. The molecule has 2 fully saturated rings. The minimum atomic E-state index is -0.313. The molecule has 3 aromatic rings. The molecule has 0 radical (unpaired) electrons. The summed E-state index contributed by atoms with van der Waals surface area (Å²) in [5.41, 5.74) is 5.27. The molecular formula is C50H62N6O12. The fraction of sp³-hybridized carbons (Fsp3) is 0.480. The van der Waals surface area contributed by atoms with Crippen LogP contribution >= 0.6 is 0 Å². The molecule has 7 rings (SSSR count). The highest BCUT2D eigenvalue weighted by atomic mass is 16.5. The first-order valence-corrected chi connectivity index (χ1v) is 22.9. The molecule has 2 aromatic carbocycles. The van der Waals surface area contributed by atoms with Crippen LogP contribution in [0.15, 0.2) is 69.7 Å². The van der Waals surface area contributed by atoms with Crippen LogP contribution in [0.1, 0.15) is 65.2 Å². The highest BCUT2D eigenvalue weighted by Crippen LogP contribution is 2.41. The van der Waals surface area contributed by atoms with Crippen LogP contribution in [-0.4, -0.2) is 163 Å². The fourth-order valence-electron chi connectivity index (χ4n) is 8.32. The van der Waals surface area contributed by atoms with Gasteiger partial charge in [0.05, 0.1) is 107 Å². The number of hydrogen-bond acceptors (Lipinski definition) is 16. The van der Waals surface area contributed by atoms with Gasteiger partial charge in [-0.25, -0.2) is 0 Å². The molecule has 5 heterocycles. The highest BCUT2D eigenvalue weighted by molar-refractivity contribution is 6.04. The van der Waals surface area contributed by atoms with E-state index in [0.717, 1.165) is 12.8 Å². The summed E-state index contributed by atoms with van der Waals surface area (Å²) in [5, 5.41) is 0. The number of methoxy groups -OCH3 is 4. The molecule has 0 aliphatic carbocycles. The number of hydrogen-bond donors (Lipinski definition) is 0. The van der Waals surface area contributed by atoms with Gasteiger partial charge in [-0.05, 0) is 38.8 Å². The Morgan fingerprint density at radius 2 is 1.16 bits per heavy atom. The molecule has 4 aliphatic rings. The Balaban J connectivity index is 1.09. The second-order valence-corrected chi connectivity index (χ2v) is 16.5. The third-order valence-corrected chi connectivity index (χ3v) is 12.2. The van der Waals surface area contributed by atoms with E-state index >= 15 is 0 Å². The van der Waals surface area contributed by atoms with E-state index in [2.05, 4.69) is 17.1 Å². The van der Waals surface area contributed by atoms with Gasteiger partial charge in [0.1, 0.15) is 25.6 Å². The lowest BCUT2D eigenvalue weighted by Crippen LogP contribution is -2.35. The minimum absolute atomic E-state index is 0.000217. The maximum atomic E-state index is 13.7. The van der Waals surface area contributed by atoms with Crippen molar-refractivity contribution in [2.24, 2.45) is 9.98 Å². The van der Waals surface area contributed by atoms with Crippen molar-refractivity contribution in [2.45, 2.75) is 58.4 Å². The van der Waals surface area contributed by atoms with Crippen molar-refractivity contribution >= 4 is 41.6 Å². The van der Waals surface area contributed by atoms with Crippen LogP contribution in [0, 0.1) is 0 Å². The van der Waals surface area contributed by atoms with Gasteiger partial charge in [0, 0.05) is 76.5 Å². The summed E-state index contributed by atoms with van der Waals surface area (Å²) in [5.74, 6) is 1.48. The van der Waals surface area contributed by atoms with Crippen molar-refractivity contribution in [2.75, 3.05) is 101 Å². The number of amides is 2. The first kappa shape index (κ1) is 49.6. The lowest BCUT2D eigenvalue weighted by Gasteiger charge is -2.22. The predicted octanol–water partition coefficient (Wildman–Crippen LogP) is 5.93. The normalized spacial score (nSPS) is 18.3. The number of rotatable bonds is 24. The SMILES string of the molecule is C/C=C1\C[C@H]2C=Nc3cc(OCc4cc(OCCN(CCOCCOCCOC)CCC(=O)OC)cc(COc5cc6c(cc5OC)C(=O)N5C/C(=C/C)C[C@H]5C=N6)n4)c(OC)cc3C(=O)N2C1. The van der Waals surface area contributed by atoms with Gasteiger partial charge in [0.15, 0.2) is 23.0 Å². The zero-order chi connectivity index (χ0) is 48.0. The number of pyridine rings is 1. The monoisotopic (exact) mass is 938 g/mol. The molecule has 2 saturated heterocycles. The van der Waals surface area contributed by atoms with Gasteiger partial charge < -0.3 is 52.4 Å². The highest BCUT2D eigenvalue weighted by Gasteiger charge is 2.36. The van der Waals surface area contributed by atoms with Crippen LogP contribution in [0.3, 0.4) is 0 Å². The van der Waals surface area contributed by atoms with Crippen molar-refractivity contribution in [1.82, 2.24) is 19.7 Å². The van der Waals surface area contributed by atoms with Gasteiger partial charge in [0.25, 0.3) is 11.8 Å². The van der Waals surface area contributed by atoms with Crippen LogP contribution < -0.4 is 23.7 Å². The van der Waals surface area contributed by atoms with Crippen molar-refractivity contribution in [3.05, 3.63) is 82.2 Å². The largest absolute Gasteiger partial charge is 0.493 e. The van der Waals surface area contributed by atoms with Crippen LogP contribution in [0.2, 0.25) is 0 Å². The third kappa shape index (κ3) is 12.4. The molecule has 68 heavy (non-hydrogen) atoms. The summed E-state index contributed by atoms with van der Waals surface area (Å²) in [6.45, 7) is 9.12. The zero-order valence-electron chi connectivity index (χ0n) is 39.8. The Labute approximate surface area is 397 Å². The van der Waals surface area contributed by atoms with Crippen LogP contribution in [-0.2, 0) is 37.0 Å². The molecule has 0 spiro atoms. The second-order valence-electron chi connectivity index (χ2n) is 16.5. The van der Waals surface area contributed by atoms with Gasteiger partial charge in [0.2, 0.25) is 0 Å². The Hall–Kier alpha value is -6.34. The Kier molecular flexibility index (Phi) is 17.6. The summed E-state index contributed by atoms with van der Waals surface area (Å²) >= 11 is 0. The fourth-order valence-corrected chi connectivity index (χ4v) is 8.32. The molecule has 0 bridgehead atoms. The second kappa shape index (κ2) is 24.1. The number of nitrogens with zero attached hydrogens (tertiary/aromatic N) is 6. The molecule has 0 unspecified atom stereocenters. The van der Waals surface area contributed by atoms with E-state index in [9.17, 15) is 14.4 Å². The lowest BCUT2D eigenvalue weighted by atomic mass is 10.1. The number of benzene rings is 2. The molecule has 18 heteroatoms. The maximum Gasteiger partial charge on any atom is 0.306 e. The Morgan fingerprint density at radius 1 is 0.647 bits per heavy atom. The van der Waals surface area contributed by atoms with Gasteiger partial charge in [-0.3, -0.25) is 34.3 Å². The summed E-state index contributed by atoms with van der Waals surface area (Å²) in [6.07, 6.45) is 9.44. The number of allylic oxidation sites excluding steroid dienone is 2. The molecule has 18 nitrogen and oxygen atoms in total. The minimum Gasteiger partial charge on any atom is -0.493 e. The predicted molar refractivity (Wildman–Crippen MR) is 254 cm³/mol. The van der Waals surface area contributed by atoms with Crippen molar-refractivity contribution in [3.8, 4) is 28.7 Å². The Bertz CT molecular complexity index is 2270. The number of esters is 1. The molecule has 2 atom stereocenters.